The molecule has 0 radical (unpaired) electrons. The van der Waals surface area contributed by atoms with Gasteiger partial charge in [-0.1, -0.05) is 6.42 Å². The van der Waals surface area contributed by atoms with E-state index < -0.39 is 0 Å². The van der Waals surface area contributed by atoms with Crippen LogP contribution in [0.4, 0.5) is 0 Å². The lowest BCUT2D eigenvalue weighted by Crippen LogP contribution is -2.34. The summed E-state index contributed by atoms with van der Waals surface area (Å²) in [7, 11) is 0. The topological polar surface area (TPSA) is 64.3 Å². The van der Waals surface area contributed by atoms with Crippen LogP contribution in [0.5, 0.6) is 0 Å². The molecule has 0 aliphatic heterocycles. The fourth-order valence-electron chi connectivity index (χ4n) is 1.25. The standard InChI is InChI=1S/C9H18N2O2/c10-4-5-13-7-9(12)11-6-8-2-1-3-8/h8H,1-7,10H2,(H,11,12). The predicted octanol–water partition coefficient (Wildman–Crippen LogP) is -0.122. The van der Waals surface area contributed by atoms with E-state index in [0.717, 1.165) is 6.54 Å². The van der Waals surface area contributed by atoms with Gasteiger partial charge in [-0.15, -0.1) is 0 Å². The molecule has 4 heteroatoms. The summed E-state index contributed by atoms with van der Waals surface area (Å²) in [6.07, 6.45) is 3.82. The van der Waals surface area contributed by atoms with E-state index >= 15 is 0 Å². The van der Waals surface area contributed by atoms with Gasteiger partial charge in [-0.3, -0.25) is 4.79 Å². The fourth-order valence-corrected chi connectivity index (χ4v) is 1.25. The summed E-state index contributed by atoms with van der Waals surface area (Å²) in [5, 5.41) is 2.84. The lowest BCUT2D eigenvalue weighted by atomic mass is 9.85. The van der Waals surface area contributed by atoms with Crippen molar-refractivity contribution in [2.45, 2.75) is 19.3 Å². The zero-order valence-corrected chi connectivity index (χ0v) is 7.92. The van der Waals surface area contributed by atoms with Gasteiger partial charge in [-0.05, 0) is 18.8 Å². The van der Waals surface area contributed by atoms with Gasteiger partial charge in [0.2, 0.25) is 5.91 Å². The van der Waals surface area contributed by atoms with Crippen molar-refractivity contribution in [1.29, 1.82) is 0 Å². The van der Waals surface area contributed by atoms with E-state index in [1.807, 2.05) is 0 Å². The van der Waals surface area contributed by atoms with Gasteiger partial charge in [0.05, 0.1) is 6.61 Å². The Balaban J connectivity index is 1.90. The highest BCUT2D eigenvalue weighted by Crippen LogP contribution is 2.24. The molecule has 0 saturated heterocycles. The number of hydrogen-bond donors (Lipinski definition) is 2. The van der Waals surface area contributed by atoms with Gasteiger partial charge in [-0.2, -0.15) is 0 Å². The second-order valence-corrected chi connectivity index (χ2v) is 3.44. The third-order valence-electron chi connectivity index (χ3n) is 2.31. The predicted molar refractivity (Wildman–Crippen MR) is 50.2 cm³/mol. The zero-order valence-electron chi connectivity index (χ0n) is 7.92. The number of nitrogens with two attached hydrogens (primary N) is 1. The number of ether oxygens (including phenoxy) is 1. The molecular formula is C9H18N2O2. The van der Waals surface area contributed by atoms with Crippen molar-refractivity contribution in [2.75, 3.05) is 26.3 Å². The summed E-state index contributed by atoms with van der Waals surface area (Å²) in [6.45, 7) is 1.88. The van der Waals surface area contributed by atoms with Crippen LogP contribution in [0.2, 0.25) is 0 Å². The van der Waals surface area contributed by atoms with E-state index in [1.54, 1.807) is 0 Å². The summed E-state index contributed by atoms with van der Waals surface area (Å²) in [4.78, 5) is 11.1. The molecule has 0 unspecified atom stereocenters. The Morgan fingerprint density at radius 1 is 1.54 bits per heavy atom. The Hall–Kier alpha value is -0.610. The smallest absolute Gasteiger partial charge is 0.246 e. The highest BCUT2D eigenvalue weighted by atomic mass is 16.5. The second-order valence-electron chi connectivity index (χ2n) is 3.44. The quantitative estimate of drug-likeness (QED) is 0.568. The van der Waals surface area contributed by atoms with E-state index in [9.17, 15) is 4.79 Å². The molecule has 0 heterocycles. The molecule has 0 spiro atoms. The molecule has 0 aromatic rings. The Kier molecular flexibility index (Phi) is 4.78. The van der Waals surface area contributed by atoms with Crippen LogP contribution < -0.4 is 11.1 Å². The lowest BCUT2D eigenvalue weighted by molar-refractivity contribution is -0.125. The van der Waals surface area contributed by atoms with E-state index in [4.69, 9.17) is 10.5 Å². The van der Waals surface area contributed by atoms with Crippen molar-refractivity contribution in [3.8, 4) is 0 Å². The molecule has 0 aromatic heterocycles. The summed E-state index contributed by atoms with van der Waals surface area (Å²) >= 11 is 0. The SMILES string of the molecule is NCCOCC(=O)NCC1CCC1. The molecule has 1 aliphatic carbocycles. The Morgan fingerprint density at radius 3 is 2.85 bits per heavy atom. The van der Waals surface area contributed by atoms with Crippen LogP contribution in [0.15, 0.2) is 0 Å². The maximum absolute atomic E-state index is 11.1. The van der Waals surface area contributed by atoms with Gasteiger partial charge in [-0.25, -0.2) is 0 Å². The van der Waals surface area contributed by atoms with Crippen molar-refractivity contribution in [2.24, 2.45) is 11.7 Å². The van der Waals surface area contributed by atoms with Crippen LogP contribution >= 0.6 is 0 Å². The maximum Gasteiger partial charge on any atom is 0.246 e. The molecule has 3 N–H and O–H groups in total. The van der Waals surface area contributed by atoms with Crippen LogP contribution in [0.25, 0.3) is 0 Å². The van der Waals surface area contributed by atoms with Crippen molar-refractivity contribution in [1.82, 2.24) is 5.32 Å². The van der Waals surface area contributed by atoms with Gasteiger partial charge in [0.25, 0.3) is 0 Å². The molecule has 0 aromatic carbocycles. The fraction of sp³-hybridized carbons (Fsp3) is 0.889. The second kappa shape index (κ2) is 5.94. The molecule has 1 fully saturated rings. The van der Waals surface area contributed by atoms with E-state index in [1.165, 1.54) is 19.3 Å². The summed E-state index contributed by atoms with van der Waals surface area (Å²) in [5.74, 6) is 0.679. The summed E-state index contributed by atoms with van der Waals surface area (Å²) in [5.41, 5.74) is 5.21. The lowest BCUT2D eigenvalue weighted by Gasteiger charge is -2.25. The third kappa shape index (κ3) is 4.24. The van der Waals surface area contributed by atoms with Gasteiger partial charge < -0.3 is 15.8 Å². The Bertz CT molecular complexity index is 158. The van der Waals surface area contributed by atoms with E-state index in [-0.39, 0.29) is 12.5 Å². The van der Waals surface area contributed by atoms with Crippen LogP contribution in [0.3, 0.4) is 0 Å². The van der Waals surface area contributed by atoms with E-state index in [2.05, 4.69) is 5.32 Å². The number of carbonyl (C=O) groups is 1. The highest BCUT2D eigenvalue weighted by molar-refractivity contribution is 5.77. The molecule has 1 aliphatic rings. The molecule has 1 rings (SSSR count). The highest BCUT2D eigenvalue weighted by Gasteiger charge is 2.17. The van der Waals surface area contributed by atoms with Gasteiger partial charge in [0.15, 0.2) is 0 Å². The molecule has 4 nitrogen and oxygen atoms in total. The van der Waals surface area contributed by atoms with Crippen LogP contribution in [0, 0.1) is 5.92 Å². The van der Waals surface area contributed by atoms with Crippen molar-refractivity contribution < 1.29 is 9.53 Å². The molecule has 0 bridgehead atoms. The average Bonchev–Trinajstić information content (AvgIpc) is 2.02. The van der Waals surface area contributed by atoms with Crippen molar-refractivity contribution >= 4 is 5.91 Å². The first-order valence-corrected chi connectivity index (χ1v) is 4.87. The number of nitrogens with one attached hydrogen (secondary N) is 1. The first-order valence-electron chi connectivity index (χ1n) is 4.87. The number of hydrogen-bond acceptors (Lipinski definition) is 3. The number of rotatable bonds is 6. The average molecular weight is 186 g/mol. The zero-order chi connectivity index (χ0) is 9.52. The summed E-state index contributed by atoms with van der Waals surface area (Å²) in [6, 6.07) is 0. The molecule has 1 amide bonds. The minimum Gasteiger partial charge on any atom is -0.370 e. The first-order chi connectivity index (χ1) is 6.33. The molecule has 0 atom stereocenters. The number of amides is 1. The van der Waals surface area contributed by atoms with Gasteiger partial charge in [0.1, 0.15) is 6.61 Å². The largest absolute Gasteiger partial charge is 0.370 e. The molecule has 76 valence electrons. The molecule has 13 heavy (non-hydrogen) atoms. The third-order valence-corrected chi connectivity index (χ3v) is 2.31. The Morgan fingerprint density at radius 2 is 2.31 bits per heavy atom. The minimum atomic E-state index is -0.0275. The first kappa shape index (κ1) is 10.5. The Labute approximate surface area is 78.8 Å². The van der Waals surface area contributed by atoms with Crippen LogP contribution in [0.1, 0.15) is 19.3 Å². The van der Waals surface area contributed by atoms with Crippen LogP contribution in [-0.4, -0.2) is 32.2 Å². The minimum absolute atomic E-state index is 0.0275. The summed E-state index contributed by atoms with van der Waals surface area (Å²) < 4.78 is 4.99. The number of carbonyl (C=O) groups excluding carboxylic acids is 1. The molecular weight excluding hydrogens is 168 g/mol. The molecule has 1 saturated carbocycles. The van der Waals surface area contributed by atoms with Gasteiger partial charge >= 0.3 is 0 Å². The van der Waals surface area contributed by atoms with E-state index in [0.29, 0.717) is 19.1 Å². The van der Waals surface area contributed by atoms with Crippen molar-refractivity contribution in [3.05, 3.63) is 0 Å². The normalized spacial score (nSPS) is 16.7. The maximum atomic E-state index is 11.1. The monoisotopic (exact) mass is 186 g/mol. The van der Waals surface area contributed by atoms with Gasteiger partial charge in [0, 0.05) is 13.1 Å². The van der Waals surface area contributed by atoms with Crippen LogP contribution in [-0.2, 0) is 9.53 Å². The van der Waals surface area contributed by atoms with Crippen molar-refractivity contribution in [3.63, 3.8) is 0 Å².